The van der Waals surface area contributed by atoms with Crippen LogP contribution in [0, 0.1) is 0 Å². The maximum absolute atomic E-state index is 11.1. The first-order valence-electron chi connectivity index (χ1n) is 3.91. The molecule has 1 heterocycles. The Morgan fingerprint density at radius 3 is 2.69 bits per heavy atom. The van der Waals surface area contributed by atoms with E-state index < -0.39 is 5.97 Å². The third kappa shape index (κ3) is 2.18. The van der Waals surface area contributed by atoms with Gasteiger partial charge in [0, 0.05) is 13.0 Å². The number of carbonyl (C=O) groups is 2. The van der Waals surface area contributed by atoms with Gasteiger partial charge in [0.05, 0.1) is 12.2 Å². The van der Waals surface area contributed by atoms with Gasteiger partial charge in [-0.2, -0.15) is 0 Å². The Morgan fingerprint density at radius 1 is 1.54 bits per heavy atom. The minimum absolute atomic E-state index is 0.169. The van der Waals surface area contributed by atoms with Gasteiger partial charge in [0.15, 0.2) is 11.5 Å². The van der Waals surface area contributed by atoms with Gasteiger partial charge in [-0.05, 0) is 6.92 Å². The van der Waals surface area contributed by atoms with Gasteiger partial charge < -0.3 is 9.15 Å². The third-order valence-electron chi connectivity index (χ3n) is 1.46. The second kappa shape index (κ2) is 3.89. The fraction of sp³-hybridized carbons (Fsp3) is 0.333. The summed E-state index contributed by atoms with van der Waals surface area (Å²) in [5, 5.41) is 0. The first-order chi connectivity index (χ1) is 6.15. The van der Waals surface area contributed by atoms with Crippen LogP contribution < -0.4 is 0 Å². The van der Waals surface area contributed by atoms with Gasteiger partial charge in [0.25, 0.3) is 0 Å². The lowest BCUT2D eigenvalue weighted by Crippen LogP contribution is -2.02. The summed E-state index contributed by atoms with van der Waals surface area (Å²) in [4.78, 5) is 21.9. The van der Waals surface area contributed by atoms with E-state index >= 15 is 0 Å². The number of carbonyl (C=O) groups excluding carboxylic acids is 2. The van der Waals surface area contributed by atoms with Gasteiger partial charge >= 0.3 is 5.97 Å². The van der Waals surface area contributed by atoms with Crippen molar-refractivity contribution in [2.24, 2.45) is 0 Å². The molecule has 70 valence electrons. The molecule has 0 aromatic carbocycles. The maximum atomic E-state index is 11.1. The van der Waals surface area contributed by atoms with Crippen molar-refractivity contribution < 1.29 is 18.7 Å². The SMILES string of the molecule is CCOC(=O)c1coc(C(C)=O)c1. The highest BCUT2D eigenvalue weighted by Crippen LogP contribution is 2.09. The topological polar surface area (TPSA) is 56.5 Å². The van der Waals surface area contributed by atoms with Crippen LogP contribution in [0.25, 0.3) is 0 Å². The fourth-order valence-corrected chi connectivity index (χ4v) is 0.842. The summed E-state index contributed by atoms with van der Waals surface area (Å²) in [6.07, 6.45) is 1.22. The lowest BCUT2D eigenvalue weighted by Gasteiger charge is -1.95. The van der Waals surface area contributed by atoms with Crippen LogP contribution in [0.15, 0.2) is 16.7 Å². The predicted octanol–water partition coefficient (Wildman–Crippen LogP) is 1.66. The first-order valence-corrected chi connectivity index (χ1v) is 3.91. The number of esters is 1. The first kappa shape index (κ1) is 9.51. The molecule has 0 aliphatic heterocycles. The quantitative estimate of drug-likeness (QED) is 0.527. The van der Waals surface area contributed by atoms with Gasteiger partial charge in [0.2, 0.25) is 0 Å². The van der Waals surface area contributed by atoms with Gasteiger partial charge in [-0.15, -0.1) is 0 Å². The van der Waals surface area contributed by atoms with Crippen LogP contribution in [0.3, 0.4) is 0 Å². The van der Waals surface area contributed by atoms with Crippen molar-refractivity contribution in [3.05, 3.63) is 23.7 Å². The molecule has 0 N–H and O–H groups in total. The summed E-state index contributed by atoms with van der Waals surface area (Å²) in [6, 6.07) is 1.38. The molecule has 0 atom stereocenters. The Morgan fingerprint density at radius 2 is 2.23 bits per heavy atom. The van der Waals surface area contributed by atoms with Crippen LogP contribution in [0.1, 0.15) is 34.8 Å². The van der Waals surface area contributed by atoms with E-state index in [9.17, 15) is 9.59 Å². The smallest absolute Gasteiger partial charge is 0.341 e. The third-order valence-corrected chi connectivity index (χ3v) is 1.46. The standard InChI is InChI=1S/C9H10O4/c1-3-12-9(11)7-4-8(6(2)10)13-5-7/h4-5H,3H2,1-2H3. The number of hydrogen-bond donors (Lipinski definition) is 0. The Kier molecular flexibility index (Phi) is 2.84. The zero-order valence-corrected chi connectivity index (χ0v) is 7.49. The van der Waals surface area contributed by atoms with Crippen LogP contribution in [-0.2, 0) is 4.74 Å². The zero-order chi connectivity index (χ0) is 9.84. The summed E-state index contributed by atoms with van der Waals surface area (Å²) in [5.41, 5.74) is 0.270. The van der Waals surface area contributed by atoms with Crippen molar-refractivity contribution in [1.82, 2.24) is 0 Å². The van der Waals surface area contributed by atoms with E-state index in [2.05, 4.69) is 0 Å². The molecule has 0 radical (unpaired) electrons. The number of ether oxygens (including phenoxy) is 1. The van der Waals surface area contributed by atoms with E-state index in [-0.39, 0.29) is 17.1 Å². The summed E-state index contributed by atoms with van der Waals surface area (Å²) in [7, 11) is 0. The van der Waals surface area contributed by atoms with Gasteiger partial charge in [-0.1, -0.05) is 0 Å². The molecule has 0 bridgehead atoms. The van der Waals surface area contributed by atoms with Crippen LogP contribution in [0.2, 0.25) is 0 Å². The average Bonchev–Trinajstić information content (AvgIpc) is 2.52. The Bertz CT molecular complexity index is 324. The second-order valence-corrected chi connectivity index (χ2v) is 2.48. The van der Waals surface area contributed by atoms with E-state index in [1.54, 1.807) is 6.92 Å². The van der Waals surface area contributed by atoms with Crippen LogP contribution >= 0.6 is 0 Å². The normalized spacial score (nSPS) is 9.69. The van der Waals surface area contributed by atoms with E-state index in [1.165, 1.54) is 19.3 Å². The molecule has 0 saturated heterocycles. The molecular formula is C9H10O4. The van der Waals surface area contributed by atoms with Crippen molar-refractivity contribution in [2.75, 3.05) is 6.61 Å². The highest BCUT2D eigenvalue weighted by atomic mass is 16.5. The highest BCUT2D eigenvalue weighted by molar-refractivity contribution is 5.95. The van der Waals surface area contributed by atoms with E-state index in [4.69, 9.17) is 9.15 Å². The van der Waals surface area contributed by atoms with Gasteiger partial charge in [-0.25, -0.2) is 4.79 Å². The highest BCUT2D eigenvalue weighted by Gasteiger charge is 2.12. The Labute approximate surface area is 75.5 Å². The molecule has 0 aliphatic rings. The molecule has 0 saturated carbocycles. The van der Waals surface area contributed by atoms with Crippen molar-refractivity contribution in [2.45, 2.75) is 13.8 Å². The molecule has 0 unspecified atom stereocenters. The molecule has 0 spiro atoms. The molecule has 1 rings (SSSR count). The monoisotopic (exact) mass is 182 g/mol. The summed E-state index contributed by atoms with van der Waals surface area (Å²) >= 11 is 0. The Balaban J connectivity index is 2.79. The molecule has 0 amide bonds. The van der Waals surface area contributed by atoms with Crippen molar-refractivity contribution in [3.8, 4) is 0 Å². The van der Waals surface area contributed by atoms with Crippen LogP contribution in [-0.4, -0.2) is 18.4 Å². The molecule has 4 nitrogen and oxygen atoms in total. The molecule has 1 aromatic rings. The number of hydrogen-bond acceptors (Lipinski definition) is 4. The number of furan rings is 1. The minimum Gasteiger partial charge on any atom is -0.462 e. The van der Waals surface area contributed by atoms with Gasteiger partial charge in [-0.3, -0.25) is 4.79 Å². The molecule has 0 aliphatic carbocycles. The molecule has 13 heavy (non-hydrogen) atoms. The minimum atomic E-state index is -0.473. The van der Waals surface area contributed by atoms with E-state index in [0.717, 1.165) is 0 Å². The zero-order valence-electron chi connectivity index (χ0n) is 7.49. The van der Waals surface area contributed by atoms with E-state index in [0.29, 0.717) is 6.61 Å². The lowest BCUT2D eigenvalue weighted by atomic mass is 10.3. The average molecular weight is 182 g/mol. The molecule has 1 aromatic heterocycles. The Hall–Kier alpha value is -1.58. The second-order valence-electron chi connectivity index (χ2n) is 2.48. The summed E-state index contributed by atoms with van der Waals surface area (Å²) in [6.45, 7) is 3.39. The summed E-state index contributed by atoms with van der Waals surface area (Å²) in [5.74, 6) is -0.516. The number of rotatable bonds is 3. The van der Waals surface area contributed by atoms with Crippen molar-refractivity contribution >= 4 is 11.8 Å². The fourth-order valence-electron chi connectivity index (χ4n) is 0.842. The number of Topliss-reactive ketones (excluding diaryl/α,β-unsaturated/α-hetero) is 1. The van der Waals surface area contributed by atoms with Crippen LogP contribution in [0.4, 0.5) is 0 Å². The molecule has 0 fully saturated rings. The number of ketones is 1. The van der Waals surface area contributed by atoms with Crippen LogP contribution in [0.5, 0.6) is 0 Å². The van der Waals surface area contributed by atoms with Crippen molar-refractivity contribution in [1.29, 1.82) is 0 Å². The lowest BCUT2D eigenvalue weighted by molar-refractivity contribution is 0.0525. The molecule has 4 heteroatoms. The van der Waals surface area contributed by atoms with Gasteiger partial charge in [0.1, 0.15) is 6.26 Å². The largest absolute Gasteiger partial charge is 0.462 e. The molecular weight excluding hydrogens is 172 g/mol. The predicted molar refractivity (Wildman–Crippen MR) is 44.7 cm³/mol. The maximum Gasteiger partial charge on any atom is 0.341 e. The summed E-state index contributed by atoms with van der Waals surface area (Å²) < 4.78 is 9.55. The van der Waals surface area contributed by atoms with E-state index in [1.807, 2.05) is 0 Å². The van der Waals surface area contributed by atoms with Crippen molar-refractivity contribution in [3.63, 3.8) is 0 Å².